The zero-order valence-electron chi connectivity index (χ0n) is 11.7. The molecule has 22 heavy (non-hydrogen) atoms. The minimum atomic E-state index is -0.750. The number of aliphatic hydroxyl groups is 1. The van der Waals surface area contributed by atoms with Gasteiger partial charge in [0.2, 0.25) is 0 Å². The van der Waals surface area contributed by atoms with Crippen LogP contribution in [0.1, 0.15) is 12.0 Å². The molecule has 5 nitrogen and oxygen atoms in total. The Labute approximate surface area is 125 Å². The number of ether oxygens (including phenoxy) is 2. The van der Waals surface area contributed by atoms with Crippen LogP contribution < -0.4 is 4.90 Å². The van der Waals surface area contributed by atoms with Gasteiger partial charge in [0.1, 0.15) is 18.2 Å². The fourth-order valence-electron chi connectivity index (χ4n) is 2.67. The molecule has 1 N–H and O–H groups in total. The lowest BCUT2D eigenvalue weighted by atomic mass is 9.99. The summed E-state index contributed by atoms with van der Waals surface area (Å²) < 4.78 is 38.6. The Kier molecular flexibility index (Phi) is 4.08. The highest BCUT2D eigenvalue weighted by atomic mass is 19.1. The Bertz CT molecular complexity index is 609. The number of amides is 1. The van der Waals surface area contributed by atoms with E-state index in [9.17, 15) is 18.7 Å². The summed E-state index contributed by atoms with van der Waals surface area (Å²) in [6.07, 6.45) is 1.35. The van der Waals surface area contributed by atoms with Gasteiger partial charge in [-0.15, -0.1) is 0 Å². The van der Waals surface area contributed by atoms with Crippen molar-refractivity contribution in [3.8, 4) is 0 Å². The number of carbonyl (C=O) groups excluding carboxylic acids is 1. The topological polar surface area (TPSA) is 59.0 Å². The van der Waals surface area contributed by atoms with Crippen molar-refractivity contribution in [3.63, 3.8) is 0 Å². The van der Waals surface area contributed by atoms with Gasteiger partial charge < -0.3 is 14.6 Å². The van der Waals surface area contributed by atoms with Crippen molar-refractivity contribution in [3.05, 3.63) is 35.4 Å². The molecule has 1 aromatic rings. The molecular formula is C15H15F2NO4. The second-order valence-electron chi connectivity index (χ2n) is 5.12. The minimum Gasteiger partial charge on any atom is -0.447 e. The molecular weight excluding hydrogens is 296 g/mol. The molecule has 7 heteroatoms. The van der Waals surface area contributed by atoms with Gasteiger partial charge in [0, 0.05) is 5.56 Å². The van der Waals surface area contributed by atoms with Crippen molar-refractivity contribution in [1.82, 2.24) is 0 Å². The summed E-state index contributed by atoms with van der Waals surface area (Å²) in [5.74, 6) is -1.50. The van der Waals surface area contributed by atoms with Crippen molar-refractivity contribution in [2.45, 2.75) is 12.5 Å². The van der Waals surface area contributed by atoms with Gasteiger partial charge in [0.25, 0.3) is 0 Å². The maximum Gasteiger partial charge on any atom is 0.414 e. The molecule has 1 saturated heterocycles. The van der Waals surface area contributed by atoms with E-state index in [1.54, 1.807) is 6.08 Å². The Morgan fingerprint density at radius 2 is 2.05 bits per heavy atom. The maximum atomic E-state index is 14.3. The summed E-state index contributed by atoms with van der Waals surface area (Å²) >= 11 is 0. The van der Waals surface area contributed by atoms with E-state index in [-0.39, 0.29) is 24.5 Å². The predicted octanol–water partition coefficient (Wildman–Crippen LogP) is 2.09. The first-order valence-corrected chi connectivity index (χ1v) is 6.95. The van der Waals surface area contributed by atoms with E-state index in [1.807, 2.05) is 0 Å². The second kappa shape index (κ2) is 6.02. The Morgan fingerprint density at radius 1 is 1.32 bits per heavy atom. The van der Waals surface area contributed by atoms with Crippen LogP contribution in [0, 0.1) is 11.6 Å². The number of benzene rings is 1. The van der Waals surface area contributed by atoms with E-state index in [2.05, 4.69) is 0 Å². The van der Waals surface area contributed by atoms with Crippen LogP contribution >= 0.6 is 0 Å². The first kappa shape index (κ1) is 14.9. The van der Waals surface area contributed by atoms with Gasteiger partial charge in [-0.05, 0) is 24.1 Å². The van der Waals surface area contributed by atoms with Crippen molar-refractivity contribution in [2.24, 2.45) is 0 Å². The Morgan fingerprint density at radius 3 is 2.64 bits per heavy atom. The fourth-order valence-corrected chi connectivity index (χ4v) is 2.67. The fraction of sp³-hybridized carbons (Fsp3) is 0.400. The normalized spacial score (nSPS) is 21.8. The van der Waals surface area contributed by atoms with Gasteiger partial charge >= 0.3 is 6.09 Å². The smallest absolute Gasteiger partial charge is 0.414 e. The second-order valence-corrected chi connectivity index (χ2v) is 5.12. The van der Waals surface area contributed by atoms with E-state index < -0.39 is 23.8 Å². The summed E-state index contributed by atoms with van der Waals surface area (Å²) in [6.45, 7) is 0.376. The number of anilines is 1. The number of aliphatic hydroxyl groups excluding tert-OH is 1. The van der Waals surface area contributed by atoms with Crippen LogP contribution in [0.5, 0.6) is 0 Å². The van der Waals surface area contributed by atoms with Crippen molar-refractivity contribution in [2.75, 3.05) is 31.3 Å². The van der Waals surface area contributed by atoms with Gasteiger partial charge in [-0.1, -0.05) is 6.08 Å². The van der Waals surface area contributed by atoms with Crippen LogP contribution in [0.25, 0.3) is 5.57 Å². The monoisotopic (exact) mass is 311 g/mol. The third kappa shape index (κ3) is 2.57. The van der Waals surface area contributed by atoms with E-state index >= 15 is 0 Å². The highest BCUT2D eigenvalue weighted by molar-refractivity contribution is 5.90. The summed E-state index contributed by atoms with van der Waals surface area (Å²) in [5.41, 5.74) is 0.489. The minimum absolute atomic E-state index is 0.0111. The highest BCUT2D eigenvalue weighted by Crippen LogP contribution is 2.32. The first-order valence-electron chi connectivity index (χ1n) is 6.95. The molecule has 2 aliphatic heterocycles. The largest absolute Gasteiger partial charge is 0.447 e. The summed E-state index contributed by atoms with van der Waals surface area (Å²) in [4.78, 5) is 12.7. The molecule has 0 aromatic heterocycles. The van der Waals surface area contributed by atoms with Gasteiger partial charge in [0.05, 0.1) is 31.5 Å². The number of nitrogens with zero attached hydrogens (tertiary/aromatic N) is 1. The zero-order valence-corrected chi connectivity index (χ0v) is 11.7. The maximum absolute atomic E-state index is 14.3. The van der Waals surface area contributed by atoms with Gasteiger partial charge in [-0.2, -0.15) is 0 Å². The third-order valence-electron chi connectivity index (χ3n) is 3.76. The summed E-state index contributed by atoms with van der Waals surface area (Å²) in [6, 6.07) is 1.54. The molecule has 0 unspecified atom stereocenters. The number of rotatable bonds is 3. The molecule has 2 heterocycles. The van der Waals surface area contributed by atoms with Crippen molar-refractivity contribution < 1.29 is 28.2 Å². The number of carbonyl (C=O) groups is 1. The highest BCUT2D eigenvalue weighted by Gasteiger charge is 2.34. The standard InChI is InChI=1S/C15H15F2NO4/c16-12-5-10(18-11(7-19)8-22-15(18)20)6-13(17)14(12)9-1-3-21-4-2-9/h1,5-6,11,19H,2-4,7-8H2/t11-/m1/s1. The lowest BCUT2D eigenvalue weighted by Gasteiger charge is -2.21. The Hall–Kier alpha value is -1.99. The first-order chi connectivity index (χ1) is 10.6. The predicted molar refractivity (Wildman–Crippen MR) is 74.5 cm³/mol. The van der Waals surface area contributed by atoms with E-state index in [0.29, 0.717) is 25.2 Å². The lowest BCUT2D eigenvalue weighted by molar-refractivity contribution is 0.161. The SMILES string of the molecule is O=C1OC[C@@H](CO)N1c1cc(F)c(C2=CCOCC2)c(F)c1. The van der Waals surface area contributed by atoms with E-state index in [0.717, 1.165) is 17.0 Å². The third-order valence-corrected chi connectivity index (χ3v) is 3.76. The molecule has 1 aromatic carbocycles. The molecule has 3 rings (SSSR count). The Balaban J connectivity index is 1.99. The van der Waals surface area contributed by atoms with E-state index in [1.165, 1.54) is 0 Å². The van der Waals surface area contributed by atoms with Crippen LogP contribution in [-0.2, 0) is 9.47 Å². The molecule has 0 bridgehead atoms. The van der Waals surface area contributed by atoms with Crippen LogP contribution in [0.3, 0.4) is 0 Å². The van der Waals surface area contributed by atoms with Crippen molar-refractivity contribution >= 4 is 17.4 Å². The number of cyclic esters (lactones) is 1. The van der Waals surface area contributed by atoms with Crippen LogP contribution in [0.15, 0.2) is 18.2 Å². The molecule has 118 valence electrons. The molecule has 0 aliphatic carbocycles. The lowest BCUT2D eigenvalue weighted by Crippen LogP contribution is -2.36. The number of halogens is 2. The molecule has 0 radical (unpaired) electrons. The van der Waals surface area contributed by atoms with E-state index in [4.69, 9.17) is 9.47 Å². The molecule has 1 atom stereocenters. The van der Waals surface area contributed by atoms with Gasteiger partial charge in [0.15, 0.2) is 0 Å². The molecule has 1 fully saturated rings. The molecule has 0 spiro atoms. The molecule has 0 saturated carbocycles. The van der Waals surface area contributed by atoms with Crippen LogP contribution in [0.2, 0.25) is 0 Å². The molecule has 2 aliphatic rings. The van der Waals surface area contributed by atoms with Gasteiger partial charge in [-0.3, -0.25) is 4.90 Å². The molecule has 1 amide bonds. The average molecular weight is 311 g/mol. The van der Waals surface area contributed by atoms with Crippen LogP contribution in [0.4, 0.5) is 19.3 Å². The zero-order chi connectivity index (χ0) is 15.7. The van der Waals surface area contributed by atoms with Crippen molar-refractivity contribution in [1.29, 1.82) is 0 Å². The average Bonchev–Trinajstić information content (AvgIpc) is 2.88. The number of hydrogen-bond donors (Lipinski definition) is 1. The van der Waals surface area contributed by atoms with Gasteiger partial charge in [-0.25, -0.2) is 13.6 Å². The quantitative estimate of drug-likeness (QED) is 0.928. The number of hydrogen-bond acceptors (Lipinski definition) is 4. The van der Waals surface area contributed by atoms with Crippen LogP contribution in [-0.4, -0.2) is 43.7 Å². The summed E-state index contributed by atoms with van der Waals surface area (Å²) in [5, 5.41) is 9.23. The summed E-state index contributed by atoms with van der Waals surface area (Å²) in [7, 11) is 0.